The Balaban J connectivity index is 1.97. The Morgan fingerprint density at radius 3 is 2.24 bits per heavy atom. The van der Waals surface area contributed by atoms with Gasteiger partial charge >= 0.3 is 0 Å². The van der Waals surface area contributed by atoms with Gasteiger partial charge in [0, 0.05) is 23.4 Å². The summed E-state index contributed by atoms with van der Waals surface area (Å²) in [4.78, 5) is 16.2. The van der Waals surface area contributed by atoms with E-state index in [9.17, 15) is 17.6 Å². The van der Waals surface area contributed by atoms with Crippen molar-refractivity contribution in [2.24, 2.45) is 0 Å². The van der Waals surface area contributed by atoms with E-state index in [1.807, 2.05) is 0 Å². The van der Waals surface area contributed by atoms with Crippen molar-refractivity contribution in [1.82, 2.24) is 9.71 Å². The average molecular weight is 554 g/mol. The number of hydrogen-bond donors (Lipinski definition) is 1. The molecule has 0 saturated heterocycles. The van der Waals surface area contributed by atoms with Gasteiger partial charge in [-0.05, 0) is 24.3 Å². The maximum atomic E-state index is 14.6. The minimum Gasteiger partial charge on any atom is -0.496 e. The summed E-state index contributed by atoms with van der Waals surface area (Å²) >= 11 is 24.3. The molecule has 0 aliphatic rings. The highest BCUT2D eigenvalue weighted by atomic mass is 35.5. The largest absolute Gasteiger partial charge is 0.496 e. The normalized spacial score (nSPS) is 11.2. The van der Waals surface area contributed by atoms with Crippen molar-refractivity contribution in [3.63, 3.8) is 0 Å². The lowest BCUT2D eigenvalue weighted by molar-refractivity contribution is 0.0977. The van der Waals surface area contributed by atoms with E-state index in [4.69, 9.17) is 55.9 Å². The summed E-state index contributed by atoms with van der Waals surface area (Å²) in [5.74, 6) is -1.89. The van der Waals surface area contributed by atoms with Crippen LogP contribution < -0.4 is 14.2 Å². The molecule has 1 heterocycles. The van der Waals surface area contributed by atoms with Crippen LogP contribution in [0.1, 0.15) is 10.4 Å². The summed E-state index contributed by atoms with van der Waals surface area (Å²) in [6.45, 7) is 0. The second-order valence-electron chi connectivity index (χ2n) is 6.55. The smallest absolute Gasteiger partial charge is 0.267 e. The number of sulfonamides is 1. The van der Waals surface area contributed by atoms with E-state index >= 15 is 0 Å². The first-order valence-electron chi connectivity index (χ1n) is 8.77. The van der Waals surface area contributed by atoms with E-state index in [0.29, 0.717) is 5.56 Å². The van der Waals surface area contributed by atoms with Crippen LogP contribution in [0.3, 0.4) is 0 Å². The van der Waals surface area contributed by atoms with E-state index in [0.717, 1.165) is 18.4 Å². The number of methoxy groups -OCH3 is 1. The van der Waals surface area contributed by atoms with E-state index < -0.39 is 27.3 Å². The van der Waals surface area contributed by atoms with Crippen LogP contribution in [0, 0.1) is 5.82 Å². The molecular formula is C20H13Cl4FN2O5S. The lowest BCUT2D eigenvalue weighted by Crippen LogP contribution is -2.30. The van der Waals surface area contributed by atoms with Crippen molar-refractivity contribution < 1.29 is 27.1 Å². The molecule has 0 radical (unpaired) electrons. The quantitative estimate of drug-likeness (QED) is 0.377. The Labute approximate surface area is 208 Å². The zero-order valence-corrected chi connectivity index (χ0v) is 20.6. The highest BCUT2D eigenvalue weighted by Gasteiger charge is 2.21. The zero-order valence-electron chi connectivity index (χ0n) is 16.8. The number of hydrogen-bond acceptors (Lipinski definition) is 6. The monoisotopic (exact) mass is 552 g/mol. The summed E-state index contributed by atoms with van der Waals surface area (Å²) in [5, 5.41) is 0.685. The molecule has 0 spiro atoms. The summed E-state index contributed by atoms with van der Waals surface area (Å²) in [6.07, 6.45) is 2.11. The number of pyridine rings is 1. The Bertz CT molecular complexity index is 1370. The Morgan fingerprint density at radius 1 is 0.970 bits per heavy atom. The van der Waals surface area contributed by atoms with Crippen LogP contribution in [0.25, 0.3) is 11.1 Å². The van der Waals surface area contributed by atoms with Gasteiger partial charge in [-0.1, -0.05) is 46.4 Å². The molecule has 0 aliphatic heterocycles. The average Bonchev–Trinajstić information content (AvgIpc) is 2.71. The van der Waals surface area contributed by atoms with Gasteiger partial charge in [-0.15, -0.1) is 0 Å². The van der Waals surface area contributed by atoms with E-state index in [2.05, 4.69) is 4.98 Å². The molecule has 174 valence electrons. The van der Waals surface area contributed by atoms with E-state index in [1.165, 1.54) is 31.5 Å². The Morgan fingerprint density at radius 2 is 1.64 bits per heavy atom. The third-order valence-corrected chi connectivity index (χ3v) is 5.96. The molecule has 3 rings (SSSR count). The van der Waals surface area contributed by atoms with E-state index in [1.54, 1.807) is 4.72 Å². The third kappa shape index (κ3) is 5.99. The van der Waals surface area contributed by atoms with Crippen molar-refractivity contribution >= 4 is 62.3 Å². The summed E-state index contributed by atoms with van der Waals surface area (Å²) < 4.78 is 49.7. The molecular weight excluding hydrogens is 541 g/mol. The zero-order chi connectivity index (χ0) is 24.5. The standard InChI is InChI=1S/C20H13Cl4FN2O5S/c1-31-17-5-11(19(28)27-33(2,29)30)16(25)4-10(17)9-3-15(24)20(26-8-9)32-18-7-13(22)12(21)6-14(18)23/h3-8H,1-2H3,(H,27,28). The van der Waals surface area contributed by atoms with Crippen LogP contribution in [-0.2, 0) is 10.0 Å². The number of benzene rings is 2. The van der Waals surface area contributed by atoms with Crippen LogP contribution in [0.15, 0.2) is 36.5 Å². The highest BCUT2D eigenvalue weighted by molar-refractivity contribution is 7.89. The molecule has 0 bridgehead atoms. The minimum atomic E-state index is -3.89. The van der Waals surface area contributed by atoms with Crippen LogP contribution in [0.4, 0.5) is 4.39 Å². The maximum absolute atomic E-state index is 14.6. The first-order chi connectivity index (χ1) is 15.4. The topological polar surface area (TPSA) is 94.6 Å². The lowest BCUT2D eigenvalue weighted by Gasteiger charge is -2.14. The summed E-state index contributed by atoms with van der Waals surface area (Å²) in [7, 11) is -2.59. The van der Waals surface area contributed by atoms with Gasteiger partial charge in [0.2, 0.25) is 15.9 Å². The molecule has 0 saturated carbocycles. The van der Waals surface area contributed by atoms with Gasteiger partial charge in [0.15, 0.2) is 0 Å². The molecule has 0 fully saturated rings. The number of amides is 1. The first kappa shape index (κ1) is 25.3. The first-order valence-corrected chi connectivity index (χ1v) is 12.2. The number of carbonyl (C=O) groups excluding carboxylic acids is 1. The number of carbonyl (C=O) groups is 1. The van der Waals surface area contributed by atoms with Gasteiger partial charge in [0.05, 0.1) is 34.0 Å². The number of ether oxygens (including phenoxy) is 2. The maximum Gasteiger partial charge on any atom is 0.267 e. The fourth-order valence-corrected chi connectivity index (χ4v) is 3.91. The van der Waals surface area contributed by atoms with Crippen LogP contribution >= 0.6 is 46.4 Å². The SMILES string of the molecule is COc1cc(C(=O)NS(C)(=O)=O)c(F)cc1-c1cnc(Oc2cc(Cl)c(Cl)cc2Cl)c(Cl)c1. The van der Waals surface area contributed by atoms with E-state index in [-0.39, 0.29) is 43.0 Å². The van der Waals surface area contributed by atoms with Crippen molar-refractivity contribution in [3.8, 4) is 28.5 Å². The van der Waals surface area contributed by atoms with Gasteiger partial charge in [-0.2, -0.15) is 0 Å². The molecule has 0 unspecified atom stereocenters. The molecule has 1 aromatic heterocycles. The molecule has 3 aromatic rings. The molecule has 7 nitrogen and oxygen atoms in total. The summed E-state index contributed by atoms with van der Waals surface area (Å²) in [6, 6.07) is 6.30. The van der Waals surface area contributed by atoms with Gasteiger partial charge in [0.25, 0.3) is 5.91 Å². The lowest BCUT2D eigenvalue weighted by atomic mass is 10.0. The van der Waals surface area contributed by atoms with Gasteiger partial charge in [-0.25, -0.2) is 22.5 Å². The number of nitrogens with one attached hydrogen (secondary N) is 1. The second kappa shape index (κ2) is 9.90. The molecule has 0 aliphatic carbocycles. The molecule has 2 aromatic carbocycles. The molecule has 1 N–H and O–H groups in total. The molecule has 13 heteroatoms. The highest BCUT2D eigenvalue weighted by Crippen LogP contribution is 2.39. The van der Waals surface area contributed by atoms with Crippen LogP contribution in [-0.4, -0.2) is 32.7 Å². The summed E-state index contributed by atoms with van der Waals surface area (Å²) in [5.41, 5.74) is 0.0205. The van der Waals surface area contributed by atoms with Gasteiger partial charge < -0.3 is 9.47 Å². The van der Waals surface area contributed by atoms with Crippen LogP contribution in [0.5, 0.6) is 17.4 Å². The Hall–Kier alpha value is -2.30. The fraction of sp³-hybridized carbons (Fsp3) is 0.100. The van der Waals surface area contributed by atoms with Crippen molar-refractivity contribution in [2.45, 2.75) is 0 Å². The second-order valence-corrected chi connectivity index (χ2v) is 9.92. The predicted molar refractivity (Wildman–Crippen MR) is 125 cm³/mol. The third-order valence-electron chi connectivity index (χ3n) is 4.11. The van der Waals surface area contributed by atoms with Crippen molar-refractivity contribution in [1.29, 1.82) is 0 Å². The molecule has 0 atom stereocenters. The Kier molecular flexibility index (Phi) is 7.60. The number of halogens is 5. The van der Waals surface area contributed by atoms with Crippen LogP contribution in [0.2, 0.25) is 20.1 Å². The molecule has 1 amide bonds. The number of aromatic nitrogens is 1. The molecule has 33 heavy (non-hydrogen) atoms. The number of nitrogens with zero attached hydrogens (tertiary/aromatic N) is 1. The predicted octanol–water partition coefficient (Wildman–Crippen LogP) is 5.99. The van der Waals surface area contributed by atoms with Gasteiger partial charge in [0.1, 0.15) is 22.3 Å². The number of rotatable bonds is 6. The minimum absolute atomic E-state index is 0.00991. The van der Waals surface area contributed by atoms with Crippen molar-refractivity contribution in [3.05, 3.63) is 68.0 Å². The van der Waals surface area contributed by atoms with Crippen molar-refractivity contribution in [2.75, 3.05) is 13.4 Å². The van der Waals surface area contributed by atoms with Gasteiger partial charge in [-0.3, -0.25) is 4.79 Å². The fourth-order valence-electron chi connectivity index (χ4n) is 2.68.